The summed E-state index contributed by atoms with van der Waals surface area (Å²) >= 11 is 0. The van der Waals surface area contributed by atoms with E-state index in [9.17, 15) is 0 Å². The fourth-order valence-corrected chi connectivity index (χ4v) is 0. The van der Waals surface area contributed by atoms with Crippen molar-refractivity contribution in [2.75, 3.05) is 0 Å². The third-order valence-electron chi connectivity index (χ3n) is 0. The van der Waals surface area contributed by atoms with Gasteiger partial charge in [-0.1, -0.05) is 0 Å². The summed E-state index contributed by atoms with van der Waals surface area (Å²) in [5, 5.41) is 0. The third kappa shape index (κ3) is 145. The fraction of sp³-hybridized carbons (Fsp3) is 0. The van der Waals surface area contributed by atoms with Crippen LogP contribution >= 0.6 is 0 Å². The van der Waals surface area contributed by atoms with Gasteiger partial charge < -0.3 is 9.11 Å². The van der Waals surface area contributed by atoms with Crippen LogP contribution < -0.4 is 0 Å². The average molecular weight is 231 g/mol. The average Bonchev–Trinajstić information content (AvgIpc) is 0.722. The molecular formula is AgAlO4S+2. The maximum absolute atomic E-state index is 8.52. The normalized spacial score (nSPS) is 8.29. The van der Waals surface area contributed by atoms with Crippen LogP contribution in [0.25, 0.3) is 0 Å². The molecule has 0 unspecified atom stereocenters. The molecule has 0 aliphatic rings. The van der Waals surface area contributed by atoms with Crippen molar-refractivity contribution in [3.63, 3.8) is 0 Å². The Kier molecular flexibility index (Phi) is 11.9. The van der Waals surface area contributed by atoms with E-state index >= 15 is 0 Å². The molecule has 42 valence electrons. The Morgan fingerprint density at radius 1 is 1.14 bits per heavy atom. The molecule has 0 fully saturated rings. The molecule has 0 saturated heterocycles. The van der Waals surface area contributed by atoms with Crippen molar-refractivity contribution in [3.05, 3.63) is 0 Å². The zero-order valence-electron chi connectivity index (χ0n) is 2.92. The molecular weight excluding hydrogens is 231 g/mol. The van der Waals surface area contributed by atoms with Crippen molar-refractivity contribution in [2.24, 2.45) is 0 Å². The summed E-state index contributed by atoms with van der Waals surface area (Å²) < 4.78 is 34.1. The molecule has 7 heavy (non-hydrogen) atoms. The minimum Gasteiger partial charge on any atom is -0.759 e. The first-order valence-corrected chi connectivity index (χ1v) is 2.00. The smallest absolute Gasteiger partial charge is 0.759 e. The number of hydrogen-bond acceptors (Lipinski definition) is 4. The summed E-state index contributed by atoms with van der Waals surface area (Å²) in [6, 6.07) is 0. The van der Waals surface area contributed by atoms with Crippen LogP contribution in [-0.2, 0) is 32.8 Å². The molecule has 0 radical (unpaired) electrons. The van der Waals surface area contributed by atoms with Gasteiger partial charge >= 0.3 is 39.7 Å². The summed E-state index contributed by atoms with van der Waals surface area (Å²) in [6.45, 7) is 0. The van der Waals surface area contributed by atoms with Gasteiger partial charge in [0.05, 0.1) is 0 Å². The molecule has 0 atom stereocenters. The monoisotopic (exact) mass is 230 g/mol. The molecule has 0 aromatic rings. The van der Waals surface area contributed by atoms with Crippen molar-refractivity contribution in [2.45, 2.75) is 0 Å². The molecule has 0 bridgehead atoms. The minimum absolute atomic E-state index is 0. The van der Waals surface area contributed by atoms with E-state index in [0.717, 1.165) is 0 Å². The molecule has 0 saturated carbocycles. The topological polar surface area (TPSA) is 80.3 Å². The van der Waals surface area contributed by atoms with Crippen molar-refractivity contribution in [3.8, 4) is 0 Å². The predicted octanol–water partition coefficient (Wildman–Crippen LogP) is -1.72. The summed E-state index contributed by atoms with van der Waals surface area (Å²) in [4.78, 5) is 0. The van der Waals surface area contributed by atoms with E-state index in [1.807, 2.05) is 0 Å². The molecule has 0 heterocycles. The molecule has 4 nitrogen and oxygen atoms in total. The van der Waals surface area contributed by atoms with E-state index in [1.165, 1.54) is 0 Å². The van der Waals surface area contributed by atoms with Gasteiger partial charge in [-0.05, 0) is 0 Å². The first-order valence-electron chi connectivity index (χ1n) is 0.667. The summed E-state index contributed by atoms with van der Waals surface area (Å²) in [6.07, 6.45) is 0. The standard InChI is InChI=1S/Ag.Al.H2O4S/c;;1-5(2,3)4/h;;(H2,1,2,3,4)/q+1;+3;/p-2. The molecule has 0 aromatic heterocycles. The van der Waals surface area contributed by atoms with E-state index in [-0.39, 0.29) is 39.7 Å². The van der Waals surface area contributed by atoms with Gasteiger partial charge in [-0.3, -0.25) is 8.42 Å². The van der Waals surface area contributed by atoms with Gasteiger partial charge in [0, 0.05) is 10.4 Å². The second kappa shape index (κ2) is 5.28. The first-order chi connectivity index (χ1) is 2.00. The van der Waals surface area contributed by atoms with Crippen molar-refractivity contribution < 1.29 is 39.9 Å². The Morgan fingerprint density at radius 2 is 1.14 bits per heavy atom. The zero-order chi connectivity index (χ0) is 4.50. The van der Waals surface area contributed by atoms with Crippen LogP contribution in [0.5, 0.6) is 0 Å². The molecule has 0 amide bonds. The summed E-state index contributed by atoms with van der Waals surface area (Å²) in [5.74, 6) is 0. The molecule has 0 N–H and O–H groups in total. The summed E-state index contributed by atoms with van der Waals surface area (Å²) in [5.41, 5.74) is 0. The molecule has 0 aliphatic heterocycles. The second-order valence-electron chi connectivity index (χ2n) is 0.408. The first kappa shape index (κ1) is 15.7. The van der Waals surface area contributed by atoms with Crippen LogP contribution in [0, 0.1) is 0 Å². The maximum Gasteiger partial charge on any atom is 3.00 e. The number of rotatable bonds is 0. The van der Waals surface area contributed by atoms with Gasteiger partial charge in [0.1, 0.15) is 0 Å². The van der Waals surface area contributed by atoms with Gasteiger partial charge in [0.15, 0.2) is 0 Å². The Balaban J connectivity index is -0.0000000800. The molecule has 7 heteroatoms. The van der Waals surface area contributed by atoms with Crippen molar-refractivity contribution >= 4 is 27.8 Å². The third-order valence-corrected chi connectivity index (χ3v) is 0. The van der Waals surface area contributed by atoms with E-state index < -0.39 is 10.4 Å². The van der Waals surface area contributed by atoms with Crippen LogP contribution in [0.3, 0.4) is 0 Å². The van der Waals surface area contributed by atoms with Crippen LogP contribution in [0.2, 0.25) is 0 Å². The summed E-state index contributed by atoms with van der Waals surface area (Å²) in [7, 11) is -5.17. The van der Waals surface area contributed by atoms with Gasteiger partial charge in [0.2, 0.25) is 0 Å². The van der Waals surface area contributed by atoms with Crippen LogP contribution in [-0.4, -0.2) is 34.9 Å². The van der Waals surface area contributed by atoms with Crippen molar-refractivity contribution in [1.82, 2.24) is 0 Å². The van der Waals surface area contributed by atoms with Crippen LogP contribution in [0.1, 0.15) is 0 Å². The Labute approximate surface area is 67.5 Å². The predicted molar refractivity (Wildman–Crippen MR) is 16.2 cm³/mol. The Morgan fingerprint density at radius 3 is 1.14 bits per heavy atom. The molecule has 0 spiro atoms. The van der Waals surface area contributed by atoms with Crippen molar-refractivity contribution in [1.29, 1.82) is 0 Å². The van der Waals surface area contributed by atoms with E-state index in [2.05, 4.69) is 0 Å². The Hall–Kier alpha value is 1.14. The molecule has 0 rings (SSSR count). The number of hydrogen-bond donors (Lipinski definition) is 0. The van der Waals surface area contributed by atoms with Gasteiger partial charge in [-0.15, -0.1) is 0 Å². The van der Waals surface area contributed by atoms with Gasteiger partial charge in [-0.2, -0.15) is 0 Å². The van der Waals surface area contributed by atoms with E-state index in [1.54, 1.807) is 0 Å². The minimum atomic E-state index is -5.17. The molecule has 0 aromatic carbocycles. The van der Waals surface area contributed by atoms with Crippen LogP contribution in [0.4, 0.5) is 0 Å². The largest absolute Gasteiger partial charge is 3.00 e. The van der Waals surface area contributed by atoms with E-state index in [4.69, 9.17) is 17.5 Å². The SMILES string of the molecule is O=S(=O)([O-])[O-].[Ag+].[Al+3]. The van der Waals surface area contributed by atoms with Gasteiger partial charge in [0.25, 0.3) is 0 Å². The maximum atomic E-state index is 8.52. The second-order valence-corrected chi connectivity index (χ2v) is 1.22. The quantitative estimate of drug-likeness (QED) is 0.282. The fourth-order valence-electron chi connectivity index (χ4n) is 0. The zero-order valence-corrected chi connectivity index (χ0v) is 6.37. The Bertz CT molecular complexity index is 94.9. The van der Waals surface area contributed by atoms with E-state index in [0.29, 0.717) is 0 Å². The van der Waals surface area contributed by atoms with Gasteiger partial charge in [-0.25, -0.2) is 0 Å². The van der Waals surface area contributed by atoms with Crippen LogP contribution in [0.15, 0.2) is 0 Å². The molecule has 0 aliphatic carbocycles.